The van der Waals surface area contributed by atoms with Crippen molar-refractivity contribution in [2.24, 2.45) is 7.05 Å². The number of carbonyl (C=O) groups is 2. The van der Waals surface area contributed by atoms with Crippen molar-refractivity contribution in [3.63, 3.8) is 0 Å². The van der Waals surface area contributed by atoms with Gasteiger partial charge in [-0.1, -0.05) is 10.7 Å². The lowest BCUT2D eigenvalue weighted by molar-refractivity contribution is -0.730. The van der Waals surface area contributed by atoms with Crippen LogP contribution in [0.25, 0.3) is 21.5 Å². The zero-order valence-electron chi connectivity index (χ0n) is 16.3. The summed E-state index contributed by atoms with van der Waals surface area (Å²) in [5.74, 6) is -1.91. The molecule has 4 rings (SSSR count). The number of aromatic carboxylic acids is 1. The van der Waals surface area contributed by atoms with Crippen LogP contribution in [0.2, 0.25) is 0 Å². The number of hydrogen-bond acceptors (Lipinski definition) is 9. The number of hydrogen-bond donors (Lipinski definition) is 5. The minimum atomic E-state index is -1.14. The summed E-state index contributed by atoms with van der Waals surface area (Å²) < 4.78 is 6.04. The van der Waals surface area contributed by atoms with E-state index in [9.17, 15) is 19.6 Å². The molecule has 0 spiro atoms. The van der Waals surface area contributed by atoms with Gasteiger partial charge in [0.2, 0.25) is 0 Å². The molecule has 0 aliphatic rings. The number of nitrogens with two attached hydrogens (primary N) is 2. The molecule has 0 atom stereocenters. The van der Waals surface area contributed by atoms with E-state index in [2.05, 4.69) is 15.6 Å². The number of thiophene rings is 1. The monoisotopic (exact) mass is 452 g/mol. The molecule has 4 aromatic rings. The van der Waals surface area contributed by atoms with E-state index < -0.39 is 17.5 Å². The van der Waals surface area contributed by atoms with Crippen molar-refractivity contribution in [2.45, 2.75) is 0 Å². The van der Waals surface area contributed by atoms with Gasteiger partial charge in [0.15, 0.2) is 7.05 Å². The number of carboxylic acids is 1. The average Bonchev–Trinajstić information content (AvgIpc) is 3.25. The number of amides is 1. The predicted molar refractivity (Wildman–Crippen MR) is 114 cm³/mol. The quantitative estimate of drug-likeness (QED) is 0.280. The summed E-state index contributed by atoms with van der Waals surface area (Å²) in [5.41, 5.74) is 11.6. The molecule has 0 aliphatic heterocycles. The number of rotatable bonds is 4. The first kappa shape index (κ1) is 20.6. The van der Waals surface area contributed by atoms with Gasteiger partial charge in [-0.05, 0) is 23.5 Å². The number of nitrogens with one attached hydrogen (secondary N) is 2. The number of pyridine rings is 1. The van der Waals surface area contributed by atoms with Gasteiger partial charge in [-0.2, -0.15) is 5.26 Å². The molecule has 1 amide bonds. The van der Waals surface area contributed by atoms with Gasteiger partial charge in [0, 0.05) is 5.69 Å². The molecular weight excluding hydrogens is 438 g/mol. The highest BCUT2D eigenvalue weighted by molar-refractivity contribution is 7.21. The Labute approximate surface area is 182 Å². The number of nitrogens with zero attached hydrogens (tertiary/aromatic N) is 3. The van der Waals surface area contributed by atoms with Gasteiger partial charge in [-0.3, -0.25) is 9.32 Å². The van der Waals surface area contributed by atoms with Crippen LogP contribution in [0, 0.1) is 11.3 Å². The van der Waals surface area contributed by atoms with E-state index in [1.165, 1.54) is 36.0 Å². The fourth-order valence-electron chi connectivity index (χ4n) is 3.22. The summed E-state index contributed by atoms with van der Waals surface area (Å²) in [4.78, 5) is 40.8. The second kappa shape index (κ2) is 7.52. The highest BCUT2D eigenvalue weighted by Gasteiger charge is 2.32. The van der Waals surface area contributed by atoms with Gasteiger partial charge >= 0.3 is 17.3 Å². The lowest BCUT2D eigenvalue weighted by Gasteiger charge is -2.06. The number of nitrogen functional groups attached to an aromatic ring is 2. The molecule has 0 radical (unpaired) electrons. The molecule has 0 bridgehead atoms. The first-order chi connectivity index (χ1) is 15.2. The van der Waals surface area contributed by atoms with Crippen LogP contribution < -0.4 is 27.1 Å². The van der Waals surface area contributed by atoms with Gasteiger partial charge < -0.3 is 21.9 Å². The topological polar surface area (TPSA) is 205 Å². The Morgan fingerprint density at radius 2 is 2.12 bits per heavy atom. The van der Waals surface area contributed by atoms with Gasteiger partial charge in [-0.15, -0.1) is 11.3 Å². The van der Waals surface area contributed by atoms with Crippen molar-refractivity contribution >= 4 is 50.6 Å². The molecule has 0 unspecified atom stereocenters. The first-order valence-electron chi connectivity index (χ1n) is 8.87. The number of H-pyrrole nitrogens is 1. The molecule has 160 valence electrons. The van der Waals surface area contributed by atoms with Crippen molar-refractivity contribution in [3.05, 3.63) is 50.7 Å². The van der Waals surface area contributed by atoms with Crippen LogP contribution in [-0.4, -0.2) is 27.2 Å². The third-order valence-electron chi connectivity index (χ3n) is 4.63. The maximum Gasteiger partial charge on any atom is 0.435 e. The molecule has 0 aliphatic carbocycles. The van der Waals surface area contributed by atoms with Crippen LogP contribution >= 0.6 is 11.3 Å². The molecule has 32 heavy (non-hydrogen) atoms. The first-order valence-corrected chi connectivity index (χ1v) is 9.68. The van der Waals surface area contributed by atoms with E-state index in [1.807, 2.05) is 6.07 Å². The number of anilines is 3. The number of benzene rings is 1. The van der Waals surface area contributed by atoms with E-state index in [0.29, 0.717) is 0 Å². The third kappa shape index (κ3) is 3.20. The predicted octanol–water partition coefficient (Wildman–Crippen LogP) is 1.06. The summed E-state index contributed by atoms with van der Waals surface area (Å²) in [7, 11) is 1.50. The fourth-order valence-corrected chi connectivity index (χ4v) is 4.22. The number of carbonyl (C=O) groups excluding carboxylic acids is 1. The number of fused-ring (bicyclic) bond motifs is 1. The lowest BCUT2D eigenvalue weighted by Crippen LogP contribution is -2.34. The van der Waals surface area contributed by atoms with Crippen LogP contribution in [0.15, 0.2) is 33.6 Å². The second-order valence-corrected chi connectivity index (χ2v) is 7.61. The van der Waals surface area contributed by atoms with Crippen molar-refractivity contribution in [1.29, 1.82) is 5.26 Å². The molecule has 1 aromatic carbocycles. The summed E-state index contributed by atoms with van der Waals surface area (Å²) in [6.07, 6.45) is 0. The van der Waals surface area contributed by atoms with Crippen molar-refractivity contribution in [1.82, 2.24) is 10.3 Å². The minimum Gasteiger partial charge on any atom is -0.478 e. The smallest absolute Gasteiger partial charge is 0.435 e. The molecule has 12 nitrogen and oxygen atoms in total. The molecule has 3 heterocycles. The number of aromatic amines is 1. The van der Waals surface area contributed by atoms with Crippen LogP contribution in [-0.2, 0) is 7.05 Å². The SMILES string of the molecule is C[n+]1[nH]oc(=O)c1-c1c(C#N)c(N)nc2sc(C(=O)Nc3cccc(C(=O)O)c3)c(N)c12. The van der Waals surface area contributed by atoms with Crippen LogP contribution in [0.1, 0.15) is 25.6 Å². The standard InChI is InChI=1S/C19H13N7O5S/c1-26-13(19(30)31-25-26)10-9(6-20)15(22)24-17-11(10)12(21)14(32-17)16(27)23-8-4-2-3-7(5-8)18(28)29/h2-5H,1H3,(H6-,21,22,23,24,25,27,28,29,30)/p+1. The average molecular weight is 452 g/mol. The van der Waals surface area contributed by atoms with Gasteiger partial charge in [-0.25, -0.2) is 14.6 Å². The summed E-state index contributed by atoms with van der Waals surface area (Å²) >= 11 is 0.912. The van der Waals surface area contributed by atoms with Crippen LogP contribution in [0.4, 0.5) is 17.2 Å². The normalized spacial score (nSPS) is 10.8. The molecule has 0 fully saturated rings. The maximum absolute atomic E-state index is 12.9. The Balaban J connectivity index is 1.90. The Kier molecular flexibility index (Phi) is 4.84. The Bertz CT molecular complexity index is 1530. The van der Waals surface area contributed by atoms with E-state index in [4.69, 9.17) is 21.1 Å². The highest BCUT2D eigenvalue weighted by Crippen LogP contribution is 2.41. The van der Waals surface area contributed by atoms with E-state index >= 15 is 0 Å². The molecule has 0 saturated heterocycles. The second-order valence-electron chi connectivity index (χ2n) is 6.61. The molecule has 13 heteroatoms. The van der Waals surface area contributed by atoms with Crippen LogP contribution in [0.5, 0.6) is 0 Å². The fraction of sp³-hybridized carbons (Fsp3) is 0.0526. The summed E-state index contributed by atoms with van der Waals surface area (Å²) in [6.45, 7) is 0. The Morgan fingerprint density at radius 1 is 1.38 bits per heavy atom. The minimum absolute atomic E-state index is 0.00539. The zero-order valence-corrected chi connectivity index (χ0v) is 17.1. The van der Waals surface area contributed by atoms with Crippen molar-refractivity contribution < 1.29 is 23.9 Å². The molecular formula is C19H14N7O5S+. The maximum atomic E-state index is 12.9. The lowest BCUT2D eigenvalue weighted by atomic mass is 10.0. The number of carboxylic acid groups (broad SMARTS) is 1. The zero-order chi connectivity index (χ0) is 23.2. The van der Waals surface area contributed by atoms with E-state index in [0.717, 1.165) is 11.3 Å². The number of aryl methyl sites for hydroxylation is 1. The number of nitriles is 1. The molecule has 7 N–H and O–H groups in total. The van der Waals surface area contributed by atoms with Gasteiger partial charge in [0.1, 0.15) is 27.2 Å². The highest BCUT2D eigenvalue weighted by atomic mass is 32.1. The van der Waals surface area contributed by atoms with E-state index in [-0.39, 0.29) is 54.7 Å². The Hall–Kier alpha value is -4.70. The Morgan fingerprint density at radius 3 is 2.75 bits per heavy atom. The van der Waals surface area contributed by atoms with Crippen molar-refractivity contribution in [2.75, 3.05) is 16.8 Å². The molecule has 0 saturated carbocycles. The van der Waals surface area contributed by atoms with Crippen molar-refractivity contribution in [3.8, 4) is 17.3 Å². The number of aromatic nitrogens is 3. The third-order valence-corrected chi connectivity index (χ3v) is 5.73. The van der Waals surface area contributed by atoms with Crippen LogP contribution in [0.3, 0.4) is 0 Å². The summed E-state index contributed by atoms with van der Waals surface area (Å²) in [5, 5.41) is 23.9. The van der Waals surface area contributed by atoms with E-state index in [1.54, 1.807) is 0 Å². The summed E-state index contributed by atoms with van der Waals surface area (Å²) in [6, 6.07) is 7.61. The largest absolute Gasteiger partial charge is 0.478 e. The van der Waals surface area contributed by atoms with Gasteiger partial charge in [0.05, 0.1) is 22.2 Å². The van der Waals surface area contributed by atoms with Gasteiger partial charge in [0.25, 0.3) is 5.91 Å². The molecule has 3 aromatic heterocycles.